The van der Waals surface area contributed by atoms with Crippen LogP contribution in [0.1, 0.15) is 24.8 Å². The fraction of sp³-hybridized carbons (Fsp3) is 0.773. The Morgan fingerprint density at radius 3 is 2.60 bits per heavy atom. The molecule has 0 spiro atoms. The van der Waals surface area contributed by atoms with Crippen LogP contribution in [0.15, 0.2) is 22.5 Å². The van der Waals surface area contributed by atoms with Gasteiger partial charge in [-0.05, 0) is 31.3 Å². The van der Waals surface area contributed by atoms with Crippen LogP contribution in [-0.2, 0) is 4.74 Å². The van der Waals surface area contributed by atoms with Crippen LogP contribution in [0.3, 0.4) is 0 Å². The lowest BCUT2D eigenvalue weighted by Gasteiger charge is -2.34. The molecule has 8 heteroatoms. The van der Waals surface area contributed by atoms with E-state index in [0.29, 0.717) is 12.0 Å². The molecule has 0 bridgehead atoms. The smallest absolute Gasteiger partial charge is 0.191 e. The Kier molecular flexibility index (Phi) is 9.87. The van der Waals surface area contributed by atoms with E-state index in [1.54, 1.807) is 0 Å². The van der Waals surface area contributed by atoms with E-state index in [0.717, 1.165) is 58.4 Å². The van der Waals surface area contributed by atoms with Crippen molar-refractivity contribution in [1.82, 2.24) is 25.3 Å². The zero-order chi connectivity index (χ0) is 21.2. The highest BCUT2D eigenvalue weighted by Crippen LogP contribution is 2.25. The minimum Gasteiger partial charge on any atom is -0.379 e. The van der Waals surface area contributed by atoms with Crippen LogP contribution < -0.4 is 10.6 Å². The van der Waals surface area contributed by atoms with Crippen LogP contribution in [0, 0.1) is 5.92 Å². The van der Waals surface area contributed by atoms with Gasteiger partial charge < -0.3 is 25.2 Å². The van der Waals surface area contributed by atoms with Gasteiger partial charge in [0.1, 0.15) is 0 Å². The summed E-state index contributed by atoms with van der Waals surface area (Å²) in [4.78, 5) is 13.8. The van der Waals surface area contributed by atoms with Crippen molar-refractivity contribution in [3.63, 3.8) is 0 Å². The number of ether oxygens (including phenoxy) is 1. The van der Waals surface area contributed by atoms with Gasteiger partial charge >= 0.3 is 0 Å². The maximum absolute atomic E-state index is 5.56. The van der Waals surface area contributed by atoms with Crippen LogP contribution >= 0.6 is 11.3 Å². The van der Waals surface area contributed by atoms with Gasteiger partial charge in [-0.25, -0.2) is 0 Å². The molecule has 3 rings (SSSR count). The first kappa shape index (κ1) is 23.5. The molecule has 3 heterocycles. The molecule has 2 aliphatic heterocycles. The SMILES string of the molecule is CCNC(=NCC(C)CN1CCN(C)CC1)NCC(c1cccs1)N1CCOCC1. The highest BCUT2D eigenvalue weighted by atomic mass is 32.1. The highest BCUT2D eigenvalue weighted by Gasteiger charge is 2.23. The van der Waals surface area contributed by atoms with Crippen molar-refractivity contribution in [2.24, 2.45) is 10.9 Å². The standard InChI is InChI=1S/C22H40N6OS/c1-4-23-22(24-16-19(2)18-27-9-7-26(3)8-10-27)25-17-20(21-6-5-15-30-21)28-11-13-29-14-12-28/h5-6,15,19-20H,4,7-14,16-18H2,1-3H3,(H2,23,24,25). The van der Waals surface area contributed by atoms with E-state index in [-0.39, 0.29) is 0 Å². The van der Waals surface area contributed by atoms with Gasteiger partial charge in [0.25, 0.3) is 0 Å². The largest absolute Gasteiger partial charge is 0.379 e. The molecule has 0 radical (unpaired) electrons. The van der Waals surface area contributed by atoms with Crippen LogP contribution in [0.25, 0.3) is 0 Å². The summed E-state index contributed by atoms with van der Waals surface area (Å²) in [6, 6.07) is 4.75. The number of morpholine rings is 1. The topological polar surface area (TPSA) is 55.4 Å². The van der Waals surface area contributed by atoms with Gasteiger partial charge in [-0.1, -0.05) is 13.0 Å². The van der Waals surface area contributed by atoms with Gasteiger partial charge in [0.2, 0.25) is 0 Å². The third-order valence-corrected chi connectivity index (χ3v) is 6.87. The van der Waals surface area contributed by atoms with E-state index in [2.05, 4.69) is 63.7 Å². The summed E-state index contributed by atoms with van der Waals surface area (Å²) >= 11 is 1.84. The van der Waals surface area contributed by atoms with E-state index < -0.39 is 0 Å². The molecular formula is C22H40N6OS. The molecular weight excluding hydrogens is 396 g/mol. The monoisotopic (exact) mass is 436 g/mol. The van der Waals surface area contributed by atoms with Gasteiger partial charge in [-0.3, -0.25) is 9.89 Å². The quantitative estimate of drug-likeness (QED) is 0.453. The average molecular weight is 437 g/mol. The van der Waals surface area contributed by atoms with E-state index in [4.69, 9.17) is 9.73 Å². The van der Waals surface area contributed by atoms with Gasteiger partial charge in [0, 0.05) is 70.3 Å². The van der Waals surface area contributed by atoms with Crippen molar-refractivity contribution in [2.45, 2.75) is 19.9 Å². The minimum atomic E-state index is 0.362. The Labute approximate surface area is 186 Å². The Bertz CT molecular complexity index is 611. The fourth-order valence-corrected chi connectivity index (χ4v) is 4.95. The van der Waals surface area contributed by atoms with Gasteiger partial charge in [0.15, 0.2) is 5.96 Å². The van der Waals surface area contributed by atoms with Gasteiger partial charge in [-0.2, -0.15) is 0 Å². The second-order valence-electron chi connectivity index (χ2n) is 8.49. The molecule has 2 aliphatic rings. The number of hydrogen-bond acceptors (Lipinski definition) is 6. The molecule has 1 aromatic heterocycles. The molecule has 0 aliphatic carbocycles. The molecule has 2 saturated heterocycles. The Balaban J connectivity index is 1.52. The van der Waals surface area contributed by atoms with Crippen molar-refractivity contribution in [3.8, 4) is 0 Å². The molecule has 2 fully saturated rings. The van der Waals surface area contributed by atoms with E-state index in [1.165, 1.54) is 31.1 Å². The number of aliphatic imine (C=N–C) groups is 1. The molecule has 170 valence electrons. The van der Waals surface area contributed by atoms with Crippen LogP contribution in [0.5, 0.6) is 0 Å². The summed E-state index contributed by atoms with van der Waals surface area (Å²) in [6.45, 7) is 16.5. The predicted molar refractivity (Wildman–Crippen MR) is 127 cm³/mol. The number of hydrogen-bond donors (Lipinski definition) is 2. The summed E-state index contributed by atoms with van der Waals surface area (Å²) in [7, 11) is 2.21. The Morgan fingerprint density at radius 1 is 1.17 bits per heavy atom. The molecule has 1 aromatic rings. The van der Waals surface area contributed by atoms with Crippen LogP contribution in [0.4, 0.5) is 0 Å². The first-order valence-corrected chi connectivity index (χ1v) is 12.3. The maximum atomic E-state index is 5.56. The number of rotatable bonds is 9. The Morgan fingerprint density at radius 2 is 1.93 bits per heavy atom. The van der Waals surface area contributed by atoms with Gasteiger partial charge in [-0.15, -0.1) is 11.3 Å². The summed E-state index contributed by atoms with van der Waals surface area (Å²) in [6.07, 6.45) is 0. The first-order chi connectivity index (χ1) is 14.7. The normalized spacial score (nSPS) is 22.0. The average Bonchev–Trinajstić information content (AvgIpc) is 3.29. The maximum Gasteiger partial charge on any atom is 0.191 e. The van der Waals surface area contributed by atoms with E-state index in [1.807, 2.05) is 11.3 Å². The second-order valence-corrected chi connectivity index (χ2v) is 9.47. The lowest BCUT2D eigenvalue weighted by atomic mass is 10.1. The number of thiophene rings is 1. The van der Waals surface area contributed by atoms with Crippen molar-refractivity contribution in [1.29, 1.82) is 0 Å². The van der Waals surface area contributed by atoms with Crippen molar-refractivity contribution in [2.75, 3.05) is 85.7 Å². The van der Waals surface area contributed by atoms with Crippen molar-refractivity contribution < 1.29 is 4.74 Å². The lowest BCUT2D eigenvalue weighted by molar-refractivity contribution is 0.0177. The lowest BCUT2D eigenvalue weighted by Crippen LogP contribution is -2.47. The second kappa shape index (κ2) is 12.6. The van der Waals surface area contributed by atoms with E-state index in [9.17, 15) is 0 Å². The molecule has 0 amide bonds. The summed E-state index contributed by atoms with van der Waals surface area (Å²) in [5.41, 5.74) is 0. The zero-order valence-corrected chi connectivity index (χ0v) is 19.8. The molecule has 2 N–H and O–H groups in total. The Hall–Kier alpha value is -1.19. The van der Waals surface area contributed by atoms with Gasteiger partial charge in [0.05, 0.1) is 19.3 Å². The minimum absolute atomic E-state index is 0.362. The fourth-order valence-electron chi connectivity index (χ4n) is 4.09. The number of likely N-dealkylation sites (N-methyl/N-ethyl adjacent to an activating group) is 1. The molecule has 0 saturated carbocycles. The highest BCUT2D eigenvalue weighted by molar-refractivity contribution is 7.10. The first-order valence-electron chi connectivity index (χ1n) is 11.4. The van der Waals surface area contributed by atoms with Crippen LogP contribution in [-0.4, -0.2) is 106 Å². The molecule has 0 aromatic carbocycles. The van der Waals surface area contributed by atoms with Crippen molar-refractivity contribution in [3.05, 3.63) is 22.4 Å². The molecule has 30 heavy (non-hydrogen) atoms. The number of nitrogens with zero attached hydrogens (tertiary/aromatic N) is 4. The van der Waals surface area contributed by atoms with E-state index >= 15 is 0 Å². The summed E-state index contributed by atoms with van der Waals surface area (Å²) < 4.78 is 5.56. The van der Waals surface area contributed by atoms with Crippen molar-refractivity contribution >= 4 is 17.3 Å². The number of nitrogens with one attached hydrogen (secondary N) is 2. The molecule has 7 nitrogen and oxygen atoms in total. The molecule has 2 unspecified atom stereocenters. The summed E-state index contributed by atoms with van der Waals surface area (Å²) in [5, 5.41) is 9.21. The summed E-state index contributed by atoms with van der Waals surface area (Å²) in [5.74, 6) is 1.48. The molecule has 2 atom stereocenters. The number of piperazine rings is 1. The zero-order valence-electron chi connectivity index (χ0n) is 19.0. The van der Waals surface area contributed by atoms with Crippen LogP contribution in [0.2, 0.25) is 0 Å². The number of guanidine groups is 1. The third kappa shape index (κ3) is 7.50. The predicted octanol–water partition coefficient (Wildman–Crippen LogP) is 1.56. The third-order valence-electron chi connectivity index (χ3n) is 5.89.